The van der Waals surface area contributed by atoms with Crippen LogP contribution in [0.25, 0.3) is 0 Å². The van der Waals surface area contributed by atoms with Crippen LogP contribution in [0, 0.1) is 13.8 Å². The van der Waals surface area contributed by atoms with Gasteiger partial charge in [0.1, 0.15) is 12.6 Å². The van der Waals surface area contributed by atoms with Crippen molar-refractivity contribution in [3.05, 3.63) is 29.3 Å². The molecule has 1 aromatic carbocycles. The first-order chi connectivity index (χ1) is 9.88. The van der Waals surface area contributed by atoms with E-state index in [1.54, 1.807) is 6.07 Å². The van der Waals surface area contributed by atoms with Crippen LogP contribution in [0.5, 0.6) is 0 Å². The maximum absolute atomic E-state index is 12.2. The summed E-state index contributed by atoms with van der Waals surface area (Å²) in [4.78, 5) is 35.8. The summed E-state index contributed by atoms with van der Waals surface area (Å²) < 4.78 is 0. The number of benzene rings is 1. The summed E-state index contributed by atoms with van der Waals surface area (Å²) in [5.74, 6) is -1.52. The molecule has 1 aliphatic heterocycles. The van der Waals surface area contributed by atoms with Crippen LogP contribution in [0.1, 0.15) is 11.1 Å². The monoisotopic (exact) mass is 291 g/mol. The van der Waals surface area contributed by atoms with E-state index in [0.29, 0.717) is 5.69 Å². The van der Waals surface area contributed by atoms with Crippen LogP contribution in [0.4, 0.5) is 10.5 Å². The predicted molar refractivity (Wildman–Crippen MR) is 76.1 cm³/mol. The van der Waals surface area contributed by atoms with E-state index in [-0.39, 0.29) is 19.0 Å². The fourth-order valence-electron chi connectivity index (χ4n) is 2.22. The molecule has 1 aromatic rings. The first-order valence-electron chi connectivity index (χ1n) is 6.53. The molecule has 21 heavy (non-hydrogen) atoms. The number of nitrogens with one attached hydrogen (secondary N) is 2. The van der Waals surface area contributed by atoms with Gasteiger partial charge >= 0.3 is 12.0 Å². The molecule has 1 heterocycles. The summed E-state index contributed by atoms with van der Waals surface area (Å²) >= 11 is 0. The van der Waals surface area contributed by atoms with Gasteiger partial charge in [-0.25, -0.2) is 9.59 Å². The Morgan fingerprint density at radius 2 is 2.10 bits per heavy atom. The molecule has 2 rings (SSSR count). The molecule has 1 atom stereocenters. The van der Waals surface area contributed by atoms with E-state index in [9.17, 15) is 14.4 Å². The van der Waals surface area contributed by atoms with Crippen LogP contribution in [0.15, 0.2) is 18.2 Å². The summed E-state index contributed by atoms with van der Waals surface area (Å²) in [5.41, 5.74) is 2.53. The lowest BCUT2D eigenvalue weighted by Crippen LogP contribution is -2.60. The van der Waals surface area contributed by atoms with Crippen LogP contribution >= 0.6 is 0 Å². The summed E-state index contributed by atoms with van der Waals surface area (Å²) in [7, 11) is 0. The van der Waals surface area contributed by atoms with Crippen molar-refractivity contribution in [2.24, 2.45) is 0 Å². The molecule has 1 aliphatic rings. The highest BCUT2D eigenvalue weighted by atomic mass is 16.4. The molecule has 0 bridgehead atoms. The highest BCUT2D eigenvalue weighted by Crippen LogP contribution is 2.17. The van der Waals surface area contributed by atoms with Crippen molar-refractivity contribution >= 4 is 23.6 Å². The summed E-state index contributed by atoms with van der Waals surface area (Å²) in [6.07, 6.45) is 0. The lowest BCUT2D eigenvalue weighted by Gasteiger charge is -2.32. The van der Waals surface area contributed by atoms with E-state index < -0.39 is 18.0 Å². The van der Waals surface area contributed by atoms with Gasteiger partial charge in [0.25, 0.3) is 0 Å². The van der Waals surface area contributed by atoms with Crippen molar-refractivity contribution in [3.8, 4) is 0 Å². The fourth-order valence-corrected chi connectivity index (χ4v) is 2.22. The average Bonchev–Trinajstić information content (AvgIpc) is 2.41. The summed E-state index contributed by atoms with van der Waals surface area (Å²) in [6.45, 7) is 3.43. The zero-order valence-corrected chi connectivity index (χ0v) is 11.8. The number of urea groups is 1. The number of amides is 3. The average molecular weight is 291 g/mol. The van der Waals surface area contributed by atoms with Crippen LogP contribution in [0.3, 0.4) is 0 Å². The Balaban J connectivity index is 2.17. The Hall–Kier alpha value is -2.57. The Bertz CT molecular complexity index is 600. The Kier molecular flexibility index (Phi) is 4.11. The lowest BCUT2D eigenvalue weighted by atomic mass is 10.1. The van der Waals surface area contributed by atoms with Gasteiger partial charge in [0.15, 0.2) is 0 Å². The molecule has 3 amide bonds. The van der Waals surface area contributed by atoms with Crippen LogP contribution < -0.4 is 10.6 Å². The number of hydrogen-bond donors (Lipinski definition) is 3. The lowest BCUT2D eigenvalue weighted by molar-refractivity contribution is -0.144. The van der Waals surface area contributed by atoms with Crippen molar-refractivity contribution in [3.63, 3.8) is 0 Å². The van der Waals surface area contributed by atoms with E-state index in [2.05, 4.69) is 10.6 Å². The number of anilines is 1. The van der Waals surface area contributed by atoms with Gasteiger partial charge in [-0.1, -0.05) is 17.7 Å². The third-order valence-corrected chi connectivity index (χ3v) is 3.35. The van der Waals surface area contributed by atoms with Gasteiger partial charge in [0.2, 0.25) is 5.91 Å². The number of carboxylic acid groups (broad SMARTS) is 1. The molecule has 7 nitrogen and oxygen atoms in total. The number of aryl methyl sites for hydroxylation is 2. The summed E-state index contributed by atoms with van der Waals surface area (Å²) in [6, 6.07) is 3.85. The molecular formula is C14H17N3O4. The second-order valence-corrected chi connectivity index (χ2v) is 5.03. The third-order valence-electron chi connectivity index (χ3n) is 3.35. The fraction of sp³-hybridized carbons (Fsp3) is 0.357. The Morgan fingerprint density at radius 3 is 2.71 bits per heavy atom. The second kappa shape index (κ2) is 5.82. The zero-order chi connectivity index (χ0) is 15.6. The Morgan fingerprint density at radius 1 is 1.38 bits per heavy atom. The van der Waals surface area contributed by atoms with Gasteiger partial charge in [0, 0.05) is 12.2 Å². The number of piperazine rings is 1. The molecule has 3 N–H and O–H groups in total. The molecular weight excluding hydrogens is 274 g/mol. The first kappa shape index (κ1) is 14.8. The standard InChI is InChI=1S/C14H17N3O4/c1-8-3-4-10(9(2)5-8)16-14(21)17-7-12(18)15-6-11(17)13(19)20/h3-5,11H,6-7H2,1-2H3,(H,15,18)(H,16,21)(H,19,20). The van der Waals surface area contributed by atoms with E-state index in [0.717, 1.165) is 16.0 Å². The maximum Gasteiger partial charge on any atom is 0.328 e. The van der Waals surface area contributed by atoms with Crippen molar-refractivity contribution < 1.29 is 19.5 Å². The molecule has 0 aliphatic carbocycles. The van der Waals surface area contributed by atoms with Crippen molar-refractivity contribution in [2.75, 3.05) is 18.4 Å². The van der Waals surface area contributed by atoms with Gasteiger partial charge in [-0.3, -0.25) is 9.69 Å². The zero-order valence-electron chi connectivity index (χ0n) is 11.8. The summed E-state index contributed by atoms with van der Waals surface area (Å²) in [5, 5.41) is 14.2. The molecule has 1 unspecified atom stereocenters. The number of carbonyl (C=O) groups is 3. The van der Waals surface area contributed by atoms with E-state index >= 15 is 0 Å². The largest absolute Gasteiger partial charge is 0.480 e. The van der Waals surface area contributed by atoms with Crippen molar-refractivity contribution in [1.29, 1.82) is 0 Å². The molecule has 1 saturated heterocycles. The van der Waals surface area contributed by atoms with Crippen LogP contribution in [-0.2, 0) is 9.59 Å². The van der Waals surface area contributed by atoms with E-state index in [1.807, 2.05) is 26.0 Å². The van der Waals surface area contributed by atoms with Gasteiger partial charge in [-0.15, -0.1) is 0 Å². The highest BCUT2D eigenvalue weighted by molar-refractivity contribution is 5.96. The normalized spacial score (nSPS) is 18.1. The predicted octanol–water partition coefficient (Wildman–Crippen LogP) is 0.720. The maximum atomic E-state index is 12.2. The first-order valence-corrected chi connectivity index (χ1v) is 6.53. The molecule has 0 spiro atoms. The highest BCUT2D eigenvalue weighted by Gasteiger charge is 2.35. The molecule has 1 fully saturated rings. The molecule has 0 aromatic heterocycles. The molecule has 7 heteroatoms. The minimum absolute atomic E-state index is 0.0888. The van der Waals surface area contributed by atoms with Gasteiger partial charge < -0.3 is 15.7 Å². The second-order valence-electron chi connectivity index (χ2n) is 5.03. The quantitative estimate of drug-likeness (QED) is 0.747. The number of aliphatic carboxylic acids is 1. The smallest absolute Gasteiger partial charge is 0.328 e. The molecule has 0 radical (unpaired) electrons. The van der Waals surface area contributed by atoms with Crippen molar-refractivity contribution in [1.82, 2.24) is 10.2 Å². The number of rotatable bonds is 2. The van der Waals surface area contributed by atoms with Crippen LogP contribution in [-0.4, -0.2) is 47.0 Å². The number of hydrogen-bond acceptors (Lipinski definition) is 3. The minimum Gasteiger partial charge on any atom is -0.480 e. The SMILES string of the molecule is Cc1ccc(NC(=O)N2CC(=O)NCC2C(=O)O)c(C)c1. The number of carbonyl (C=O) groups excluding carboxylic acids is 2. The topological polar surface area (TPSA) is 98.7 Å². The number of carboxylic acids is 1. The molecule has 0 saturated carbocycles. The Labute approximate surface area is 121 Å². The molecule has 112 valence electrons. The van der Waals surface area contributed by atoms with Crippen LogP contribution in [0.2, 0.25) is 0 Å². The van der Waals surface area contributed by atoms with Gasteiger partial charge in [-0.2, -0.15) is 0 Å². The van der Waals surface area contributed by atoms with Gasteiger partial charge in [0.05, 0.1) is 0 Å². The minimum atomic E-state index is -1.15. The van der Waals surface area contributed by atoms with Crippen molar-refractivity contribution in [2.45, 2.75) is 19.9 Å². The van der Waals surface area contributed by atoms with Gasteiger partial charge in [-0.05, 0) is 25.5 Å². The number of nitrogens with zero attached hydrogens (tertiary/aromatic N) is 1. The van der Waals surface area contributed by atoms with E-state index in [4.69, 9.17) is 5.11 Å². The third kappa shape index (κ3) is 3.31. The van der Waals surface area contributed by atoms with E-state index in [1.165, 1.54) is 0 Å².